The molecule has 32 heavy (non-hydrogen) atoms. The zero-order chi connectivity index (χ0) is 22.5. The van der Waals surface area contributed by atoms with Crippen LogP contribution in [-0.2, 0) is 10.0 Å². The summed E-state index contributed by atoms with van der Waals surface area (Å²) in [6.45, 7) is 1.91. The molecule has 0 radical (unpaired) electrons. The van der Waals surface area contributed by atoms with Gasteiger partial charge < -0.3 is 15.8 Å². The van der Waals surface area contributed by atoms with E-state index in [2.05, 4.69) is 15.1 Å². The number of fused-ring (bicyclic) bond motifs is 2. The number of nitrogens with zero attached hydrogens (tertiary/aromatic N) is 2. The predicted molar refractivity (Wildman–Crippen MR) is 126 cm³/mol. The molecule has 8 nitrogen and oxygen atoms in total. The Balaban J connectivity index is 1.69. The maximum atomic E-state index is 13.5. The van der Waals surface area contributed by atoms with Gasteiger partial charge in [-0.05, 0) is 36.1 Å². The SMILES string of the molecule is CC(Nn1c(=O)c(C2=NS(=O)(=O)c3ccccc3N2)c(O)c2sccc21)c1ccccc1. The molecule has 0 saturated carbocycles. The van der Waals surface area contributed by atoms with E-state index in [1.807, 2.05) is 37.3 Å². The summed E-state index contributed by atoms with van der Waals surface area (Å²) < 4.78 is 31.0. The summed E-state index contributed by atoms with van der Waals surface area (Å²) in [6.07, 6.45) is 0. The summed E-state index contributed by atoms with van der Waals surface area (Å²) in [7, 11) is -4.04. The zero-order valence-electron chi connectivity index (χ0n) is 16.8. The average molecular weight is 467 g/mol. The smallest absolute Gasteiger partial charge is 0.286 e. The fourth-order valence-corrected chi connectivity index (χ4v) is 5.62. The largest absolute Gasteiger partial charge is 0.505 e. The van der Waals surface area contributed by atoms with Gasteiger partial charge in [0, 0.05) is 0 Å². The number of aromatic hydroxyl groups is 1. The second-order valence-electron chi connectivity index (χ2n) is 7.30. The molecule has 2 aromatic heterocycles. The molecule has 0 amide bonds. The van der Waals surface area contributed by atoms with Gasteiger partial charge in [0.2, 0.25) is 0 Å². The van der Waals surface area contributed by atoms with Crippen LogP contribution in [-0.4, -0.2) is 24.0 Å². The molecule has 0 saturated heterocycles. The first-order chi connectivity index (χ1) is 15.4. The minimum Gasteiger partial charge on any atom is -0.505 e. The Bertz CT molecular complexity index is 1540. The molecule has 3 N–H and O–H groups in total. The number of para-hydroxylation sites is 1. The fourth-order valence-electron chi connectivity index (χ4n) is 3.67. The average Bonchev–Trinajstić information content (AvgIpc) is 3.27. The maximum absolute atomic E-state index is 13.5. The number of thiophene rings is 1. The van der Waals surface area contributed by atoms with Crippen LogP contribution < -0.4 is 16.3 Å². The number of pyridine rings is 1. The Labute approximate surface area is 187 Å². The van der Waals surface area contributed by atoms with Crippen LogP contribution in [0.15, 0.2) is 80.1 Å². The third kappa shape index (κ3) is 3.24. The first-order valence-electron chi connectivity index (χ1n) is 9.75. The molecule has 1 unspecified atom stereocenters. The summed E-state index contributed by atoms with van der Waals surface area (Å²) in [5, 5.41) is 15.6. The van der Waals surface area contributed by atoms with Crippen molar-refractivity contribution >= 4 is 43.1 Å². The van der Waals surface area contributed by atoms with Crippen LogP contribution in [0.1, 0.15) is 24.1 Å². The fraction of sp³-hybridized carbons (Fsp3) is 0.0909. The van der Waals surface area contributed by atoms with E-state index in [4.69, 9.17) is 0 Å². The number of hydrogen-bond donors (Lipinski definition) is 3. The molecule has 3 heterocycles. The van der Waals surface area contributed by atoms with E-state index >= 15 is 0 Å². The molecule has 1 atom stereocenters. The standard InChI is InChI=1S/C22H18N4O4S2/c1-13(14-7-3-2-4-8-14)24-26-16-11-12-31-20(16)19(27)18(22(26)28)21-23-15-9-5-6-10-17(15)32(29,30)25-21/h2-13,24,27H,1H3,(H,23,25). The van der Waals surface area contributed by atoms with Crippen molar-refractivity contribution < 1.29 is 13.5 Å². The molecule has 162 valence electrons. The normalized spacial score (nSPS) is 15.5. The number of aromatic nitrogens is 1. The third-order valence-corrected chi connectivity index (χ3v) is 7.49. The van der Waals surface area contributed by atoms with Gasteiger partial charge >= 0.3 is 0 Å². The number of amidine groups is 1. The number of anilines is 1. The Morgan fingerprint density at radius 2 is 1.81 bits per heavy atom. The van der Waals surface area contributed by atoms with Gasteiger partial charge in [0.05, 0.1) is 21.9 Å². The number of hydrogen-bond acceptors (Lipinski definition) is 7. The maximum Gasteiger partial charge on any atom is 0.286 e. The molecule has 1 aliphatic heterocycles. The lowest BCUT2D eigenvalue weighted by atomic mass is 10.1. The van der Waals surface area contributed by atoms with E-state index in [0.29, 0.717) is 15.9 Å². The van der Waals surface area contributed by atoms with Gasteiger partial charge in [0.25, 0.3) is 15.6 Å². The molecule has 0 spiro atoms. The molecule has 5 rings (SSSR count). The van der Waals surface area contributed by atoms with Crippen molar-refractivity contribution in [2.75, 3.05) is 10.7 Å². The van der Waals surface area contributed by atoms with Gasteiger partial charge in [-0.3, -0.25) is 4.79 Å². The highest BCUT2D eigenvalue weighted by Gasteiger charge is 2.30. The third-order valence-electron chi connectivity index (χ3n) is 5.24. The monoisotopic (exact) mass is 466 g/mol. The second kappa shape index (κ2) is 7.50. The van der Waals surface area contributed by atoms with E-state index in [1.54, 1.807) is 29.6 Å². The summed E-state index contributed by atoms with van der Waals surface area (Å²) in [6, 6.07) is 17.3. The Morgan fingerprint density at radius 1 is 1.09 bits per heavy atom. The zero-order valence-corrected chi connectivity index (χ0v) is 18.4. The van der Waals surface area contributed by atoms with Gasteiger partial charge in [0.15, 0.2) is 11.6 Å². The van der Waals surface area contributed by atoms with Gasteiger partial charge in [-0.25, -0.2) is 4.68 Å². The van der Waals surface area contributed by atoms with Gasteiger partial charge in [-0.2, -0.15) is 8.42 Å². The summed E-state index contributed by atoms with van der Waals surface area (Å²) in [4.78, 5) is 13.5. The second-order valence-corrected chi connectivity index (χ2v) is 9.79. The summed E-state index contributed by atoms with van der Waals surface area (Å²) >= 11 is 1.24. The predicted octanol–water partition coefficient (Wildman–Crippen LogP) is 3.63. The van der Waals surface area contributed by atoms with E-state index in [9.17, 15) is 18.3 Å². The molecular formula is C22H18N4O4S2. The van der Waals surface area contributed by atoms with Crippen LogP contribution in [0.5, 0.6) is 5.75 Å². The number of nitrogens with one attached hydrogen (secondary N) is 2. The molecule has 0 aliphatic carbocycles. The van der Waals surface area contributed by atoms with Crippen LogP contribution in [0.25, 0.3) is 10.2 Å². The summed E-state index contributed by atoms with van der Waals surface area (Å²) in [5.74, 6) is -0.532. The van der Waals surface area contributed by atoms with Crippen molar-refractivity contribution in [3.63, 3.8) is 0 Å². The first kappa shape index (κ1) is 20.3. The van der Waals surface area contributed by atoms with E-state index < -0.39 is 15.6 Å². The van der Waals surface area contributed by atoms with Gasteiger partial charge in [-0.15, -0.1) is 15.7 Å². The lowest BCUT2D eigenvalue weighted by molar-refractivity contribution is 0.479. The minimum absolute atomic E-state index is 0.0107. The Kier molecular flexibility index (Phi) is 4.75. The van der Waals surface area contributed by atoms with Crippen molar-refractivity contribution in [3.8, 4) is 5.75 Å². The van der Waals surface area contributed by atoms with Crippen molar-refractivity contribution in [1.29, 1.82) is 0 Å². The number of rotatable bonds is 4. The van der Waals surface area contributed by atoms with Crippen LogP contribution in [0, 0.1) is 0 Å². The summed E-state index contributed by atoms with van der Waals surface area (Å²) in [5.41, 5.74) is 4.08. The molecular weight excluding hydrogens is 448 g/mol. The quantitative estimate of drug-likeness (QED) is 0.423. The van der Waals surface area contributed by atoms with Crippen LogP contribution in [0.2, 0.25) is 0 Å². The minimum atomic E-state index is -4.04. The van der Waals surface area contributed by atoms with Crippen LogP contribution >= 0.6 is 11.3 Å². The lowest BCUT2D eigenvalue weighted by Crippen LogP contribution is -2.37. The van der Waals surface area contributed by atoms with Gasteiger partial charge in [-0.1, -0.05) is 42.5 Å². The molecule has 1 aliphatic rings. The molecule has 0 fully saturated rings. The first-order valence-corrected chi connectivity index (χ1v) is 12.1. The lowest BCUT2D eigenvalue weighted by Gasteiger charge is -2.22. The van der Waals surface area contributed by atoms with Crippen molar-refractivity contribution in [2.24, 2.45) is 4.40 Å². The van der Waals surface area contributed by atoms with Gasteiger partial charge in [0.1, 0.15) is 10.5 Å². The molecule has 4 aromatic rings. The Morgan fingerprint density at radius 3 is 2.59 bits per heavy atom. The van der Waals surface area contributed by atoms with E-state index in [-0.39, 0.29) is 28.1 Å². The highest BCUT2D eigenvalue weighted by Crippen LogP contribution is 2.34. The highest BCUT2D eigenvalue weighted by atomic mass is 32.2. The van der Waals surface area contributed by atoms with Crippen molar-refractivity contribution in [1.82, 2.24) is 4.68 Å². The van der Waals surface area contributed by atoms with E-state index in [1.165, 1.54) is 22.1 Å². The van der Waals surface area contributed by atoms with Crippen molar-refractivity contribution in [3.05, 3.63) is 87.5 Å². The van der Waals surface area contributed by atoms with Crippen LogP contribution in [0.4, 0.5) is 5.69 Å². The number of sulfonamides is 1. The Hall–Kier alpha value is -3.63. The number of benzene rings is 2. The molecule has 2 aromatic carbocycles. The van der Waals surface area contributed by atoms with E-state index in [0.717, 1.165) is 5.56 Å². The van der Waals surface area contributed by atoms with Crippen molar-refractivity contribution in [2.45, 2.75) is 17.9 Å². The topological polar surface area (TPSA) is 113 Å². The molecule has 0 bridgehead atoms. The van der Waals surface area contributed by atoms with Crippen LogP contribution in [0.3, 0.4) is 0 Å². The molecule has 10 heteroatoms. The highest BCUT2D eigenvalue weighted by molar-refractivity contribution is 7.90.